The third-order valence-corrected chi connectivity index (χ3v) is 8.44. The molecule has 0 radical (unpaired) electrons. The average molecular weight is 559 g/mol. The van der Waals surface area contributed by atoms with Crippen LogP contribution in [0.15, 0.2) is 66.7 Å². The number of fused-ring (bicyclic) bond motifs is 1. The second-order valence-electron chi connectivity index (χ2n) is 10.3. The highest BCUT2D eigenvalue weighted by Gasteiger charge is 2.39. The van der Waals surface area contributed by atoms with Gasteiger partial charge in [-0.05, 0) is 44.4 Å². The number of nitrogens with zero attached hydrogens (tertiary/aromatic N) is 3. The molecule has 1 aliphatic carbocycles. The van der Waals surface area contributed by atoms with Crippen molar-refractivity contribution in [3.63, 3.8) is 0 Å². The molecule has 3 aromatic carbocycles. The molecule has 9 heteroatoms. The van der Waals surface area contributed by atoms with Gasteiger partial charge >= 0.3 is 0 Å². The van der Waals surface area contributed by atoms with Crippen LogP contribution in [0, 0.1) is 25.5 Å². The molecule has 1 aromatic heterocycles. The number of halogens is 2. The van der Waals surface area contributed by atoms with Crippen LogP contribution in [-0.4, -0.2) is 39.9 Å². The number of hydrogen-bond donors (Lipinski definition) is 1. The summed E-state index contributed by atoms with van der Waals surface area (Å²) in [6.07, 6.45) is 1.84. The molecule has 2 aliphatic rings. The Hall–Kier alpha value is -3.98. The van der Waals surface area contributed by atoms with E-state index >= 15 is 4.39 Å². The minimum atomic E-state index is -0.700. The molecule has 40 heavy (non-hydrogen) atoms. The van der Waals surface area contributed by atoms with Crippen LogP contribution in [0.5, 0.6) is 0 Å². The van der Waals surface area contributed by atoms with Gasteiger partial charge in [-0.25, -0.2) is 13.5 Å². The molecule has 0 spiro atoms. The molecule has 6 nitrogen and oxygen atoms in total. The Kier molecular flexibility index (Phi) is 6.92. The van der Waals surface area contributed by atoms with Gasteiger partial charge in [0.1, 0.15) is 24.0 Å². The maximum atomic E-state index is 15.3. The first kappa shape index (κ1) is 26.3. The molecule has 4 aromatic rings. The van der Waals surface area contributed by atoms with Crippen molar-refractivity contribution in [1.29, 1.82) is 0 Å². The normalized spacial score (nSPS) is 16.9. The van der Waals surface area contributed by atoms with Crippen LogP contribution in [0.1, 0.15) is 40.3 Å². The first-order valence-corrected chi connectivity index (χ1v) is 14.3. The summed E-state index contributed by atoms with van der Waals surface area (Å²) in [4.78, 5) is 28.3. The lowest BCUT2D eigenvalue weighted by Gasteiger charge is -2.24. The predicted molar refractivity (Wildman–Crippen MR) is 153 cm³/mol. The molecule has 1 atom stereocenters. The van der Waals surface area contributed by atoms with E-state index in [-0.39, 0.29) is 35.7 Å². The Labute approximate surface area is 235 Å². The highest BCUT2D eigenvalue weighted by molar-refractivity contribution is 8.00. The van der Waals surface area contributed by atoms with Gasteiger partial charge in [0.25, 0.3) is 0 Å². The summed E-state index contributed by atoms with van der Waals surface area (Å²) < 4.78 is 31.0. The van der Waals surface area contributed by atoms with Gasteiger partial charge in [0.2, 0.25) is 11.8 Å². The molecule has 6 rings (SSSR count). The van der Waals surface area contributed by atoms with Crippen molar-refractivity contribution in [3.8, 4) is 16.9 Å². The predicted octanol–water partition coefficient (Wildman–Crippen LogP) is 5.88. The molecular formula is C31H28F2N4O2S. The maximum Gasteiger partial charge on any atom is 0.240 e. The standard InChI is InChI=1S/C31H28F2N4O2S/c1-18-8-13-25(19(2)14-18)37-31-28(29(35-37)20-6-4-3-5-7-20)30(23-12-9-21(32)15-24(23)33)40-17-27(39)36(31)16-26(38)34-22-10-11-22/h3-9,12-15,22,30H,10-11,16-17H2,1-2H3,(H,34,38)/t30-/m1/s1. The summed E-state index contributed by atoms with van der Waals surface area (Å²) in [5.41, 5.74) is 4.96. The number of carbonyl (C=O) groups is 2. The van der Waals surface area contributed by atoms with E-state index in [1.807, 2.05) is 62.4 Å². The Bertz CT molecular complexity index is 1620. The van der Waals surface area contributed by atoms with E-state index in [9.17, 15) is 14.0 Å². The maximum absolute atomic E-state index is 15.3. The number of rotatable bonds is 6. The minimum absolute atomic E-state index is 0.00792. The molecule has 0 unspecified atom stereocenters. The summed E-state index contributed by atoms with van der Waals surface area (Å²) in [6.45, 7) is 3.78. The van der Waals surface area contributed by atoms with Crippen LogP contribution in [0.3, 0.4) is 0 Å². The quantitative estimate of drug-likeness (QED) is 0.321. The molecule has 1 fully saturated rings. The van der Waals surface area contributed by atoms with Crippen LogP contribution in [0.4, 0.5) is 14.6 Å². The molecule has 1 saturated carbocycles. The number of thioether (sulfide) groups is 1. The van der Waals surface area contributed by atoms with E-state index in [0.29, 0.717) is 17.1 Å². The fourth-order valence-corrected chi connectivity index (χ4v) is 6.36. The molecule has 0 bridgehead atoms. The Morgan fingerprint density at radius 1 is 1.05 bits per heavy atom. The number of carbonyl (C=O) groups excluding carboxylic acids is 2. The van der Waals surface area contributed by atoms with Crippen molar-refractivity contribution in [2.45, 2.75) is 38.0 Å². The monoisotopic (exact) mass is 558 g/mol. The molecule has 204 valence electrons. The lowest BCUT2D eigenvalue weighted by Crippen LogP contribution is -2.43. The average Bonchev–Trinajstić information content (AvgIpc) is 3.68. The zero-order valence-electron chi connectivity index (χ0n) is 22.2. The number of amides is 2. The highest BCUT2D eigenvalue weighted by atomic mass is 32.2. The molecule has 2 heterocycles. The van der Waals surface area contributed by atoms with E-state index in [1.165, 1.54) is 28.8 Å². The number of aryl methyl sites for hydroxylation is 2. The van der Waals surface area contributed by atoms with Crippen molar-refractivity contribution in [2.24, 2.45) is 0 Å². The number of hydrogen-bond acceptors (Lipinski definition) is 4. The van der Waals surface area contributed by atoms with Crippen LogP contribution >= 0.6 is 11.8 Å². The van der Waals surface area contributed by atoms with E-state index < -0.39 is 16.9 Å². The van der Waals surface area contributed by atoms with E-state index in [1.54, 1.807) is 4.68 Å². The second-order valence-corrected chi connectivity index (χ2v) is 11.4. The number of aromatic nitrogens is 2. The number of anilines is 1. The van der Waals surface area contributed by atoms with Crippen molar-refractivity contribution >= 4 is 29.4 Å². The van der Waals surface area contributed by atoms with Gasteiger partial charge < -0.3 is 5.32 Å². The first-order chi connectivity index (χ1) is 19.3. The smallest absolute Gasteiger partial charge is 0.240 e. The summed E-state index contributed by atoms with van der Waals surface area (Å²) in [7, 11) is 0. The highest BCUT2D eigenvalue weighted by Crippen LogP contribution is 2.49. The zero-order valence-corrected chi connectivity index (χ0v) is 23.0. The van der Waals surface area contributed by atoms with Crippen molar-refractivity contribution in [3.05, 3.63) is 101 Å². The third kappa shape index (κ3) is 5.01. The van der Waals surface area contributed by atoms with Gasteiger partial charge in [-0.15, -0.1) is 11.8 Å². The fourth-order valence-electron chi connectivity index (χ4n) is 5.14. The van der Waals surface area contributed by atoms with Gasteiger partial charge in [0, 0.05) is 28.8 Å². The van der Waals surface area contributed by atoms with E-state index in [2.05, 4.69) is 5.32 Å². The van der Waals surface area contributed by atoms with Gasteiger partial charge in [0.05, 0.1) is 22.4 Å². The topological polar surface area (TPSA) is 67.2 Å². The molecule has 1 N–H and O–H groups in total. The van der Waals surface area contributed by atoms with Gasteiger partial charge in [-0.2, -0.15) is 5.10 Å². The van der Waals surface area contributed by atoms with Crippen molar-refractivity contribution < 1.29 is 18.4 Å². The Morgan fingerprint density at radius 3 is 2.52 bits per heavy atom. The van der Waals surface area contributed by atoms with Crippen LogP contribution < -0.4 is 10.2 Å². The molecule has 1 aliphatic heterocycles. The lowest BCUT2D eigenvalue weighted by atomic mass is 9.99. The zero-order chi connectivity index (χ0) is 28.0. The Balaban J connectivity index is 1.63. The van der Waals surface area contributed by atoms with Crippen molar-refractivity contribution in [2.75, 3.05) is 17.2 Å². The molecule has 2 amide bonds. The second kappa shape index (κ2) is 10.5. The van der Waals surface area contributed by atoms with E-state index in [0.717, 1.165) is 41.3 Å². The summed E-state index contributed by atoms with van der Waals surface area (Å²) >= 11 is 1.25. The number of benzene rings is 3. The third-order valence-electron chi connectivity index (χ3n) is 7.21. The summed E-state index contributed by atoms with van der Waals surface area (Å²) in [6, 6.07) is 19.1. The van der Waals surface area contributed by atoms with Gasteiger partial charge in [0.15, 0.2) is 0 Å². The SMILES string of the molecule is Cc1ccc(-n2nc(-c3ccccc3)c3c2N(CC(=O)NC2CC2)C(=O)CS[C@@H]3c2ccc(F)cc2F)c(C)c1. The molecule has 0 saturated heterocycles. The van der Waals surface area contributed by atoms with E-state index in [4.69, 9.17) is 5.10 Å². The summed E-state index contributed by atoms with van der Waals surface area (Å²) in [5.74, 6) is -1.49. The number of nitrogens with one attached hydrogen (secondary N) is 1. The van der Waals surface area contributed by atoms with Gasteiger partial charge in [-0.3, -0.25) is 14.5 Å². The van der Waals surface area contributed by atoms with Gasteiger partial charge in [-0.1, -0.05) is 54.1 Å². The molecular weight excluding hydrogens is 530 g/mol. The van der Waals surface area contributed by atoms with Crippen molar-refractivity contribution in [1.82, 2.24) is 15.1 Å². The first-order valence-electron chi connectivity index (χ1n) is 13.2. The summed E-state index contributed by atoms with van der Waals surface area (Å²) in [5, 5.41) is 7.34. The lowest BCUT2D eigenvalue weighted by molar-refractivity contribution is -0.123. The fraction of sp³-hybridized carbons (Fsp3) is 0.258. The van der Waals surface area contributed by atoms with Crippen LogP contribution in [0.2, 0.25) is 0 Å². The largest absolute Gasteiger partial charge is 0.352 e. The van der Waals surface area contributed by atoms with Crippen LogP contribution in [0.25, 0.3) is 16.9 Å². The minimum Gasteiger partial charge on any atom is -0.352 e. The Morgan fingerprint density at radius 2 is 1.82 bits per heavy atom. The van der Waals surface area contributed by atoms with Crippen LogP contribution in [-0.2, 0) is 9.59 Å².